The van der Waals surface area contributed by atoms with E-state index in [1.165, 1.54) is 0 Å². The van der Waals surface area contributed by atoms with Crippen molar-refractivity contribution in [3.05, 3.63) is 22.2 Å². The second-order valence-corrected chi connectivity index (χ2v) is 4.13. The number of carboxylic acids is 1. The quantitative estimate of drug-likeness (QED) is 0.466. The van der Waals surface area contributed by atoms with Crippen molar-refractivity contribution in [1.82, 2.24) is 9.55 Å². The van der Waals surface area contributed by atoms with Crippen molar-refractivity contribution < 1.29 is 54.4 Å². The van der Waals surface area contributed by atoms with E-state index in [4.69, 9.17) is 15.6 Å². The maximum Gasteiger partial charge on any atom is 1.00 e. The summed E-state index contributed by atoms with van der Waals surface area (Å²) in [6.45, 7) is -0.415. The number of nitrogens with zero attached hydrogens (tertiary/aromatic N) is 2. The van der Waals surface area contributed by atoms with Crippen LogP contribution < -0.4 is 46.1 Å². The number of hydrogen-bond donors (Lipinski definition) is 3. The number of carboxylic acid groups (broad SMARTS) is 1. The van der Waals surface area contributed by atoms with Crippen molar-refractivity contribution in [3.8, 4) is 0 Å². The molecule has 2 heterocycles. The zero-order chi connectivity index (χ0) is 14.2. The summed E-state index contributed by atoms with van der Waals surface area (Å²) >= 11 is 0. The van der Waals surface area contributed by atoms with Crippen molar-refractivity contribution in [2.24, 2.45) is 0 Å². The average molecular weight is 293 g/mol. The van der Waals surface area contributed by atoms with Crippen LogP contribution in [0.15, 0.2) is 11.0 Å². The van der Waals surface area contributed by atoms with Crippen LogP contribution in [0, 0.1) is 0 Å². The van der Waals surface area contributed by atoms with Crippen LogP contribution in [-0.4, -0.2) is 44.5 Å². The Kier molecular flexibility index (Phi) is 5.68. The summed E-state index contributed by atoms with van der Waals surface area (Å²) in [7, 11) is 0. The van der Waals surface area contributed by atoms with Gasteiger partial charge in [-0.25, -0.2) is 4.79 Å². The van der Waals surface area contributed by atoms with Crippen molar-refractivity contribution >= 4 is 11.8 Å². The molecule has 1 fully saturated rings. The first-order valence-corrected chi connectivity index (χ1v) is 5.48. The summed E-state index contributed by atoms with van der Waals surface area (Å²) in [5, 5.41) is 29.3. The Morgan fingerprint density at radius 3 is 2.80 bits per heavy atom. The molecule has 0 saturated carbocycles. The number of aliphatic hydroxyl groups is 2. The maximum absolute atomic E-state index is 11.6. The van der Waals surface area contributed by atoms with E-state index < -0.39 is 48.1 Å². The molecule has 0 radical (unpaired) electrons. The summed E-state index contributed by atoms with van der Waals surface area (Å²) in [4.78, 5) is 25.8. The van der Waals surface area contributed by atoms with E-state index in [-0.39, 0.29) is 36.0 Å². The molecule has 0 amide bonds. The standard InChI is InChI=1S/C10H13N3O6.Na/c11-8-4(9(16)17)2-13(10(18)12-8)7-1-5(15)6(3-14)19-7;/h2,5-7,14-15H,1,3H2,(H,16,17)(H2,11,12,18);/q;+1/p-1/t5-,6+,7+;/m0./s1. The molecule has 1 aromatic rings. The minimum absolute atomic E-state index is 0. The van der Waals surface area contributed by atoms with Crippen LogP contribution >= 0.6 is 0 Å². The third-order valence-corrected chi connectivity index (χ3v) is 2.90. The molecule has 4 N–H and O–H groups in total. The topological polar surface area (TPSA) is 151 Å². The maximum atomic E-state index is 11.6. The fraction of sp³-hybridized carbons (Fsp3) is 0.500. The number of carbonyl (C=O) groups excluding carboxylic acids is 1. The van der Waals surface area contributed by atoms with E-state index in [2.05, 4.69) is 4.98 Å². The van der Waals surface area contributed by atoms with Gasteiger partial charge < -0.3 is 30.6 Å². The third kappa shape index (κ3) is 3.19. The molecule has 20 heavy (non-hydrogen) atoms. The summed E-state index contributed by atoms with van der Waals surface area (Å²) in [5.74, 6) is -2.02. The first-order valence-electron chi connectivity index (χ1n) is 5.48. The van der Waals surface area contributed by atoms with E-state index >= 15 is 0 Å². The van der Waals surface area contributed by atoms with Crippen molar-refractivity contribution in [2.75, 3.05) is 12.3 Å². The van der Waals surface area contributed by atoms with Crippen molar-refractivity contribution in [2.45, 2.75) is 24.9 Å². The van der Waals surface area contributed by atoms with Gasteiger partial charge in [0.15, 0.2) is 0 Å². The molecular weight excluding hydrogens is 281 g/mol. The van der Waals surface area contributed by atoms with Crippen LogP contribution in [0.25, 0.3) is 0 Å². The van der Waals surface area contributed by atoms with Gasteiger partial charge >= 0.3 is 35.2 Å². The molecule has 0 aromatic carbocycles. The monoisotopic (exact) mass is 293 g/mol. The van der Waals surface area contributed by atoms with Crippen LogP contribution in [-0.2, 0) is 4.74 Å². The molecule has 1 aliphatic rings. The van der Waals surface area contributed by atoms with Gasteiger partial charge in [0, 0.05) is 12.6 Å². The van der Waals surface area contributed by atoms with Gasteiger partial charge in [0.05, 0.1) is 24.2 Å². The van der Waals surface area contributed by atoms with E-state index in [1.54, 1.807) is 0 Å². The van der Waals surface area contributed by atoms with Crippen LogP contribution in [0.3, 0.4) is 0 Å². The molecular formula is C10H12N3NaO6. The summed E-state index contributed by atoms with van der Waals surface area (Å²) in [5.41, 5.74) is 4.05. The Bertz CT molecular complexity index is 562. The van der Waals surface area contributed by atoms with E-state index in [0.717, 1.165) is 10.8 Å². The van der Waals surface area contributed by atoms with Crippen LogP contribution in [0.1, 0.15) is 23.0 Å². The second kappa shape index (κ2) is 6.66. The molecule has 1 aromatic heterocycles. The van der Waals surface area contributed by atoms with Gasteiger partial charge in [0.2, 0.25) is 0 Å². The number of aromatic nitrogens is 2. The number of anilines is 1. The van der Waals surface area contributed by atoms with Crippen LogP contribution in [0.5, 0.6) is 0 Å². The van der Waals surface area contributed by atoms with Crippen LogP contribution in [0.2, 0.25) is 0 Å². The Hall–Kier alpha value is -0.970. The van der Waals surface area contributed by atoms with Gasteiger partial charge in [-0.05, 0) is 0 Å². The summed E-state index contributed by atoms with van der Waals surface area (Å²) in [6, 6.07) is 0. The molecule has 9 nitrogen and oxygen atoms in total. The Morgan fingerprint density at radius 1 is 1.65 bits per heavy atom. The molecule has 0 bridgehead atoms. The smallest absolute Gasteiger partial charge is 0.545 e. The molecule has 0 aliphatic carbocycles. The number of nitrogen functional groups attached to an aromatic ring is 1. The fourth-order valence-corrected chi connectivity index (χ4v) is 1.90. The van der Waals surface area contributed by atoms with Gasteiger partial charge in [0.25, 0.3) is 0 Å². The Balaban J connectivity index is 0.00000200. The SMILES string of the molecule is Nc1nc(=O)n([C@H]2C[C@H](O)[C@@H](CO)O2)cc1C(=O)[O-].[Na+]. The van der Waals surface area contributed by atoms with E-state index in [9.17, 15) is 19.8 Å². The normalized spacial score (nSPS) is 25.2. The number of rotatable bonds is 3. The summed E-state index contributed by atoms with van der Waals surface area (Å²) in [6.07, 6.45) is -1.71. The van der Waals surface area contributed by atoms with Gasteiger partial charge in [0.1, 0.15) is 18.1 Å². The van der Waals surface area contributed by atoms with Crippen molar-refractivity contribution in [3.63, 3.8) is 0 Å². The number of nitrogens with two attached hydrogens (primary N) is 1. The molecule has 1 aliphatic heterocycles. The minimum Gasteiger partial charge on any atom is -0.545 e. The van der Waals surface area contributed by atoms with Gasteiger partial charge in [-0.15, -0.1) is 0 Å². The molecule has 0 unspecified atom stereocenters. The Morgan fingerprint density at radius 2 is 2.30 bits per heavy atom. The van der Waals surface area contributed by atoms with Crippen molar-refractivity contribution in [1.29, 1.82) is 0 Å². The zero-order valence-electron chi connectivity index (χ0n) is 10.7. The van der Waals surface area contributed by atoms with Crippen LogP contribution in [0.4, 0.5) is 5.82 Å². The largest absolute Gasteiger partial charge is 1.00 e. The molecule has 0 spiro atoms. The summed E-state index contributed by atoms with van der Waals surface area (Å²) < 4.78 is 6.14. The fourth-order valence-electron chi connectivity index (χ4n) is 1.90. The second-order valence-electron chi connectivity index (χ2n) is 4.13. The first kappa shape index (κ1) is 17.1. The molecule has 2 rings (SSSR count). The molecule has 3 atom stereocenters. The minimum atomic E-state index is -1.57. The van der Waals surface area contributed by atoms with Gasteiger partial charge in [-0.1, -0.05) is 0 Å². The molecule has 104 valence electrons. The van der Waals surface area contributed by atoms with E-state index in [0.29, 0.717) is 0 Å². The predicted octanol–water partition coefficient (Wildman–Crippen LogP) is -6.17. The number of aromatic carboxylic acids is 1. The molecule has 1 saturated heterocycles. The number of aliphatic hydroxyl groups excluding tert-OH is 2. The number of hydrogen-bond acceptors (Lipinski definition) is 8. The average Bonchev–Trinajstić information content (AvgIpc) is 2.69. The molecule has 10 heteroatoms. The first-order chi connectivity index (χ1) is 8.93. The number of ether oxygens (including phenoxy) is 1. The zero-order valence-corrected chi connectivity index (χ0v) is 12.7. The van der Waals surface area contributed by atoms with Gasteiger partial charge in [-0.2, -0.15) is 4.98 Å². The predicted molar refractivity (Wildman–Crippen MR) is 58.9 cm³/mol. The van der Waals surface area contributed by atoms with E-state index in [1.807, 2.05) is 0 Å². The number of carbonyl (C=O) groups is 1. The van der Waals surface area contributed by atoms with Gasteiger partial charge in [-0.3, -0.25) is 4.57 Å². The third-order valence-electron chi connectivity index (χ3n) is 2.90. The Labute approximate surface area is 135 Å².